The number of carbonyl (C=O) groups excluding carboxylic acids is 1. The lowest BCUT2D eigenvalue weighted by Crippen LogP contribution is -2.33. The quantitative estimate of drug-likeness (QED) is 0.650. The number of para-hydroxylation sites is 1. The fourth-order valence-corrected chi connectivity index (χ4v) is 4.13. The van der Waals surface area contributed by atoms with Crippen LogP contribution in [0.15, 0.2) is 60.7 Å². The van der Waals surface area contributed by atoms with E-state index in [1.807, 2.05) is 36.4 Å². The molecule has 0 aliphatic carbocycles. The third kappa shape index (κ3) is 7.00. The third-order valence-electron chi connectivity index (χ3n) is 4.45. The molecule has 1 N–H and O–H groups in total. The summed E-state index contributed by atoms with van der Waals surface area (Å²) in [6.07, 6.45) is 2.78. The highest BCUT2D eigenvalue weighted by atomic mass is 32.2. The van der Waals surface area contributed by atoms with Crippen molar-refractivity contribution in [3.05, 3.63) is 66.2 Å². The van der Waals surface area contributed by atoms with Crippen molar-refractivity contribution >= 4 is 21.6 Å². The monoisotopic (exact) mass is 402 g/mol. The summed E-state index contributed by atoms with van der Waals surface area (Å²) in [5.74, 6) is 0.389. The molecule has 0 aliphatic rings. The van der Waals surface area contributed by atoms with Gasteiger partial charge in [0.2, 0.25) is 15.9 Å². The summed E-state index contributed by atoms with van der Waals surface area (Å²) in [6.45, 7) is 4.54. The molecule has 0 aromatic heterocycles. The van der Waals surface area contributed by atoms with Crippen molar-refractivity contribution in [1.29, 1.82) is 0 Å². The lowest BCUT2D eigenvalue weighted by molar-refractivity contribution is -0.122. The Bertz CT molecular complexity index is 837. The Morgan fingerprint density at radius 2 is 1.57 bits per heavy atom. The molecule has 0 heterocycles. The Balaban J connectivity index is 1.96. The lowest BCUT2D eigenvalue weighted by atomic mass is 9.97. The highest BCUT2D eigenvalue weighted by Crippen LogP contribution is 2.22. The summed E-state index contributed by atoms with van der Waals surface area (Å²) in [5.41, 5.74) is 1.71. The summed E-state index contributed by atoms with van der Waals surface area (Å²) in [4.78, 5) is 12.5. The molecule has 6 heteroatoms. The minimum absolute atomic E-state index is 0.0335. The van der Waals surface area contributed by atoms with Crippen LogP contribution in [0.3, 0.4) is 0 Å². The first-order chi connectivity index (χ1) is 13.3. The van der Waals surface area contributed by atoms with Crippen molar-refractivity contribution in [2.24, 2.45) is 5.92 Å². The number of rotatable bonds is 10. The molecule has 1 amide bonds. The summed E-state index contributed by atoms with van der Waals surface area (Å²) in [6, 6.07) is 18.9. The van der Waals surface area contributed by atoms with Crippen LogP contribution >= 0.6 is 0 Å². The van der Waals surface area contributed by atoms with Gasteiger partial charge in [-0.25, -0.2) is 8.42 Å². The number of benzene rings is 2. The summed E-state index contributed by atoms with van der Waals surface area (Å²) < 4.78 is 25.6. The van der Waals surface area contributed by atoms with Gasteiger partial charge in [0.25, 0.3) is 0 Å². The molecular formula is C22H30N2O3S. The topological polar surface area (TPSA) is 66.5 Å². The molecule has 5 nitrogen and oxygen atoms in total. The SMILES string of the molecule is CC(C)CC(NC(=O)CCCN(c1ccccc1)S(C)(=O)=O)c1ccccc1. The van der Waals surface area contributed by atoms with Crippen molar-refractivity contribution in [3.8, 4) is 0 Å². The lowest BCUT2D eigenvalue weighted by Gasteiger charge is -2.23. The maximum Gasteiger partial charge on any atom is 0.232 e. The number of sulfonamides is 1. The first-order valence-electron chi connectivity index (χ1n) is 9.64. The average molecular weight is 403 g/mol. The Kier molecular flexibility index (Phi) is 8.05. The van der Waals surface area contributed by atoms with Crippen LogP contribution in [0.25, 0.3) is 0 Å². The second kappa shape index (κ2) is 10.3. The van der Waals surface area contributed by atoms with Crippen LogP contribution in [-0.2, 0) is 14.8 Å². The fourth-order valence-electron chi connectivity index (χ4n) is 3.17. The van der Waals surface area contributed by atoms with Crippen LogP contribution in [0.2, 0.25) is 0 Å². The normalized spacial score (nSPS) is 12.6. The molecule has 1 unspecified atom stereocenters. The second-order valence-electron chi connectivity index (χ2n) is 7.43. The van der Waals surface area contributed by atoms with Gasteiger partial charge < -0.3 is 5.32 Å². The largest absolute Gasteiger partial charge is 0.349 e. The van der Waals surface area contributed by atoms with Gasteiger partial charge in [0, 0.05) is 13.0 Å². The van der Waals surface area contributed by atoms with Crippen LogP contribution < -0.4 is 9.62 Å². The van der Waals surface area contributed by atoms with E-state index in [0.29, 0.717) is 18.0 Å². The van der Waals surface area contributed by atoms with Crippen LogP contribution in [0.4, 0.5) is 5.69 Å². The Hall–Kier alpha value is -2.34. The molecule has 2 aromatic carbocycles. The highest BCUT2D eigenvalue weighted by Gasteiger charge is 2.19. The molecule has 0 radical (unpaired) electrons. The average Bonchev–Trinajstić information content (AvgIpc) is 2.65. The zero-order chi connectivity index (χ0) is 20.6. The molecule has 0 spiro atoms. The molecule has 152 valence electrons. The molecule has 28 heavy (non-hydrogen) atoms. The van der Waals surface area contributed by atoms with Gasteiger partial charge >= 0.3 is 0 Å². The van der Waals surface area contributed by atoms with E-state index in [1.165, 1.54) is 10.6 Å². The Labute approximate surface area is 168 Å². The van der Waals surface area contributed by atoms with E-state index in [4.69, 9.17) is 0 Å². The van der Waals surface area contributed by atoms with Gasteiger partial charge in [-0.05, 0) is 36.5 Å². The van der Waals surface area contributed by atoms with Gasteiger partial charge in [-0.15, -0.1) is 0 Å². The van der Waals surface area contributed by atoms with E-state index in [2.05, 4.69) is 19.2 Å². The number of hydrogen-bond acceptors (Lipinski definition) is 3. The molecule has 1 atom stereocenters. The van der Waals surface area contributed by atoms with Gasteiger partial charge in [0.15, 0.2) is 0 Å². The smallest absolute Gasteiger partial charge is 0.232 e. The number of nitrogens with zero attached hydrogens (tertiary/aromatic N) is 1. The Morgan fingerprint density at radius 1 is 1.00 bits per heavy atom. The van der Waals surface area contributed by atoms with E-state index >= 15 is 0 Å². The van der Waals surface area contributed by atoms with E-state index < -0.39 is 10.0 Å². The summed E-state index contributed by atoms with van der Waals surface area (Å²) >= 11 is 0. The molecule has 2 aromatic rings. The predicted octanol–water partition coefficient (Wildman–Crippen LogP) is 4.14. The van der Waals surface area contributed by atoms with E-state index in [0.717, 1.165) is 12.0 Å². The molecule has 0 fully saturated rings. The number of nitrogens with one attached hydrogen (secondary N) is 1. The van der Waals surface area contributed by atoms with Crippen molar-refractivity contribution in [1.82, 2.24) is 5.32 Å². The predicted molar refractivity (Wildman–Crippen MR) is 115 cm³/mol. The molecule has 0 saturated heterocycles. The standard InChI is InChI=1S/C22H30N2O3S/c1-18(2)17-21(19-11-6-4-7-12-19)23-22(25)15-10-16-24(28(3,26)27)20-13-8-5-9-14-20/h4-9,11-14,18,21H,10,15-17H2,1-3H3,(H,23,25). The van der Waals surface area contributed by atoms with Crippen molar-refractivity contribution in [3.63, 3.8) is 0 Å². The van der Waals surface area contributed by atoms with Gasteiger partial charge in [-0.2, -0.15) is 0 Å². The fraction of sp³-hybridized carbons (Fsp3) is 0.409. The second-order valence-corrected chi connectivity index (χ2v) is 9.34. The Morgan fingerprint density at radius 3 is 2.11 bits per heavy atom. The summed E-state index contributed by atoms with van der Waals surface area (Å²) in [7, 11) is -3.40. The molecule has 0 aliphatic heterocycles. The zero-order valence-corrected chi connectivity index (χ0v) is 17.7. The van der Waals surface area contributed by atoms with Crippen LogP contribution in [-0.4, -0.2) is 27.1 Å². The van der Waals surface area contributed by atoms with E-state index in [9.17, 15) is 13.2 Å². The van der Waals surface area contributed by atoms with Crippen molar-refractivity contribution in [2.45, 2.75) is 39.2 Å². The van der Waals surface area contributed by atoms with Gasteiger partial charge in [-0.3, -0.25) is 9.10 Å². The van der Waals surface area contributed by atoms with Gasteiger partial charge in [0.05, 0.1) is 18.0 Å². The molecule has 0 saturated carbocycles. The third-order valence-corrected chi connectivity index (χ3v) is 5.65. The maximum atomic E-state index is 12.5. The van der Waals surface area contributed by atoms with Crippen molar-refractivity contribution in [2.75, 3.05) is 17.1 Å². The first-order valence-corrected chi connectivity index (χ1v) is 11.5. The van der Waals surface area contributed by atoms with Crippen LogP contribution in [0, 0.1) is 5.92 Å². The molecular weight excluding hydrogens is 372 g/mol. The number of anilines is 1. The highest BCUT2D eigenvalue weighted by molar-refractivity contribution is 7.92. The van der Waals surface area contributed by atoms with Crippen LogP contribution in [0.5, 0.6) is 0 Å². The van der Waals surface area contributed by atoms with Crippen LogP contribution in [0.1, 0.15) is 44.7 Å². The van der Waals surface area contributed by atoms with Gasteiger partial charge in [-0.1, -0.05) is 62.4 Å². The first kappa shape index (κ1) is 22.0. The number of hydrogen-bond donors (Lipinski definition) is 1. The molecule has 2 rings (SSSR count). The van der Waals surface area contributed by atoms with Gasteiger partial charge in [0.1, 0.15) is 0 Å². The summed E-state index contributed by atoms with van der Waals surface area (Å²) in [5, 5.41) is 3.11. The maximum absolute atomic E-state index is 12.5. The molecule has 0 bridgehead atoms. The minimum Gasteiger partial charge on any atom is -0.349 e. The number of amides is 1. The van der Waals surface area contributed by atoms with E-state index in [-0.39, 0.29) is 24.9 Å². The van der Waals surface area contributed by atoms with Crippen molar-refractivity contribution < 1.29 is 13.2 Å². The number of carbonyl (C=O) groups is 1. The zero-order valence-electron chi connectivity index (χ0n) is 16.8. The van der Waals surface area contributed by atoms with E-state index in [1.54, 1.807) is 24.3 Å². The minimum atomic E-state index is -3.40.